The van der Waals surface area contributed by atoms with Crippen molar-refractivity contribution in [1.29, 1.82) is 0 Å². The molecule has 17 heavy (non-hydrogen) atoms. The molecule has 0 atom stereocenters. The second kappa shape index (κ2) is 6.21. The van der Waals surface area contributed by atoms with Crippen molar-refractivity contribution in [2.24, 2.45) is 0 Å². The number of hydrogen-bond donors (Lipinski definition) is 0. The fraction of sp³-hybridized carbons (Fsp3) is 0.538. The molecular weight excluding hydrogens is 346 g/mol. The Morgan fingerprint density at radius 3 is 2.65 bits per heavy atom. The van der Waals surface area contributed by atoms with Gasteiger partial charge < -0.3 is 9.64 Å². The number of nitrogens with zero attached hydrogens (tertiary/aromatic N) is 1. The van der Waals surface area contributed by atoms with Gasteiger partial charge in [-0.05, 0) is 46.5 Å². The van der Waals surface area contributed by atoms with Gasteiger partial charge in [0.05, 0.1) is 5.69 Å². The fourth-order valence-corrected chi connectivity index (χ4v) is 3.24. The normalized spacial score (nSPS) is 17.1. The van der Waals surface area contributed by atoms with Gasteiger partial charge in [-0.1, -0.05) is 22.0 Å². The average Bonchev–Trinajstić information content (AvgIpc) is 2.39. The predicted molar refractivity (Wildman–Crippen MR) is 79.0 cm³/mol. The van der Waals surface area contributed by atoms with Gasteiger partial charge >= 0.3 is 0 Å². The van der Waals surface area contributed by atoms with E-state index >= 15 is 0 Å². The van der Waals surface area contributed by atoms with Gasteiger partial charge in [0.15, 0.2) is 0 Å². The first-order chi connectivity index (χ1) is 8.22. The maximum Gasteiger partial charge on any atom is 0.0510 e. The third-order valence-electron chi connectivity index (χ3n) is 3.28. The lowest BCUT2D eigenvalue weighted by molar-refractivity contribution is 0.0854. The highest BCUT2D eigenvalue weighted by Crippen LogP contribution is 2.30. The van der Waals surface area contributed by atoms with Gasteiger partial charge in [-0.15, -0.1) is 0 Å². The van der Waals surface area contributed by atoms with Crippen LogP contribution in [0.1, 0.15) is 18.4 Å². The third kappa shape index (κ3) is 3.24. The van der Waals surface area contributed by atoms with Crippen LogP contribution < -0.4 is 4.90 Å². The molecule has 1 heterocycles. The van der Waals surface area contributed by atoms with E-state index in [1.165, 1.54) is 15.7 Å². The molecule has 0 unspecified atom stereocenters. The lowest BCUT2D eigenvalue weighted by Gasteiger charge is -2.33. The average molecular weight is 363 g/mol. The van der Waals surface area contributed by atoms with Crippen LogP contribution >= 0.6 is 31.9 Å². The van der Waals surface area contributed by atoms with Crippen molar-refractivity contribution in [2.45, 2.75) is 24.2 Å². The Labute approximate surface area is 120 Å². The summed E-state index contributed by atoms with van der Waals surface area (Å²) in [5, 5.41) is 0.896. The summed E-state index contributed by atoms with van der Waals surface area (Å²) in [6.07, 6.45) is 2.23. The molecule has 2 rings (SSSR count). The van der Waals surface area contributed by atoms with Crippen molar-refractivity contribution in [1.82, 2.24) is 0 Å². The minimum absolute atomic E-state index is 0.592. The molecule has 2 nitrogen and oxygen atoms in total. The number of halogens is 2. The van der Waals surface area contributed by atoms with E-state index in [-0.39, 0.29) is 0 Å². The zero-order valence-electron chi connectivity index (χ0n) is 9.96. The highest BCUT2D eigenvalue weighted by molar-refractivity contribution is 9.10. The SMILES string of the molecule is CN(c1ccc(CBr)cc1Br)C1CCOCC1. The van der Waals surface area contributed by atoms with E-state index in [1.54, 1.807) is 0 Å². The first kappa shape index (κ1) is 13.4. The Hall–Kier alpha value is -0.0600. The minimum atomic E-state index is 0.592. The number of hydrogen-bond acceptors (Lipinski definition) is 2. The second-order valence-electron chi connectivity index (χ2n) is 4.37. The van der Waals surface area contributed by atoms with Crippen LogP contribution in [0.25, 0.3) is 0 Å². The monoisotopic (exact) mass is 361 g/mol. The van der Waals surface area contributed by atoms with Crippen LogP contribution in [0.3, 0.4) is 0 Å². The van der Waals surface area contributed by atoms with E-state index in [0.29, 0.717) is 6.04 Å². The Morgan fingerprint density at radius 2 is 2.06 bits per heavy atom. The molecule has 0 bridgehead atoms. The van der Waals surface area contributed by atoms with E-state index in [0.717, 1.165) is 31.4 Å². The first-order valence-electron chi connectivity index (χ1n) is 5.87. The standard InChI is InChI=1S/C13H17Br2NO/c1-16(11-4-6-17-7-5-11)13-3-2-10(9-14)8-12(13)15/h2-3,8,11H,4-7,9H2,1H3. The van der Waals surface area contributed by atoms with Crippen LogP contribution in [-0.4, -0.2) is 26.3 Å². The van der Waals surface area contributed by atoms with Gasteiger partial charge in [-0.25, -0.2) is 0 Å². The van der Waals surface area contributed by atoms with Crippen molar-refractivity contribution in [3.8, 4) is 0 Å². The zero-order valence-corrected chi connectivity index (χ0v) is 13.1. The van der Waals surface area contributed by atoms with Gasteiger partial charge in [0, 0.05) is 36.1 Å². The van der Waals surface area contributed by atoms with Crippen LogP contribution in [0.4, 0.5) is 5.69 Å². The lowest BCUT2D eigenvalue weighted by Crippen LogP contribution is -2.36. The van der Waals surface area contributed by atoms with E-state index in [4.69, 9.17) is 4.74 Å². The van der Waals surface area contributed by atoms with Crippen LogP contribution in [0.15, 0.2) is 22.7 Å². The second-order valence-corrected chi connectivity index (χ2v) is 5.79. The lowest BCUT2D eigenvalue weighted by atomic mass is 10.1. The maximum absolute atomic E-state index is 5.41. The smallest absolute Gasteiger partial charge is 0.0510 e. The predicted octanol–water partition coefficient (Wildman–Crippen LogP) is 3.96. The largest absolute Gasteiger partial charge is 0.381 e. The number of rotatable bonds is 3. The van der Waals surface area contributed by atoms with E-state index in [9.17, 15) is 0 Å². The van der Waals surface area contributed by atoms with Crippen molar-refractivity contribution in [3.63, 3.8) is 0 Å². The van der Waals surface area contributed by atoms with E-state index < -0.39 is 0 Å². The first-order valence-corrected chi connectivity index (χ1v) is 7.79. The van der Waals surface area contributed by atoms with Crippen molar-refractivity contribution >= 4 is 37.5 Å². The molecule has 0 aromatic heterocycles. The summed E-state index contributed by atoms with van der Waals surface area (Å²) in [6.45, 7) is 1.76. The molecular formula is C13H17Br2NO. The van der Waals surface area contributed by atoms with Crippen LogP contribution in [-0.2, 0) is 10.1 Å². The number of benzene rings is 1. The van der Waals surface area contributed by atoms with E-state index in [1.807, 2.05) is 0 Å². The maximum atomic E-state index is 5.41. The molecule has 4 heteroatoms. The molecule has 0 N–H and O–H groups in total. The minimum Gasteiger partial charge on any atom is -0.381 e. The van der Waals surface area contributed by atoms with Crippen molar-refractivity contribution < 1.29 is 4.74 Å². The van der Waals surface area contributed by atoms with Crippen molar-refractivity contribution in [3.05, 3.63) is 28.2 Å². The third-order valence-corrected chi connectivity index (χ3v) is 4.57. The molecule has 0 aliphatic carbocycles. The Balaban J connectivity index is 2.15. The van der Waals surface area contributed by atoms with Gasteiger partial charge in [-0.3, -0.25) is 0 Å². The molecule has 1 saturated heterocycles. The van der Waals surface area contributed by atoms with Gasteiger partial charge in [0.25, 0.3) is 0 Å². The van der Waals surface area contributed by atoms with Gasteiger partial charge in [0.1, 0.15) is 0 Å². The number of ether oxygens (including phenoxy) is 1. The molecule has 0 saturated carbocycles. The van der Waals surface area contributed by atoms with Crippen LogP contribution in [0.2, 0.25) is 0 Å². The topological polar surface area (TPSA) is 12.5 Å². The van der Waals surface area contributed by atoms with Gasteiger partial charge in [-0.2, -0.15) is 0 Å². The molecule has 1 fully saturated rings. The van der Waals surface area contributed by atoms with Crippen LogP contribution in [0, 0.1) is 0 Å². The summed E-state index contributed by atoms with van der Waals surface area (Å²) in [6, 6.07) is 7.13. The Morgan fingerprint density at radius 1 is 1.35 bits per heavy atom. The molecule has 1 aromatic carbocycles. The summed E-state index contributed by atoms with van der Waals surface area (Å²) >= 11 is 7.14. The zero-order chi connectivity index (χ0) is 12.3. The van der Waals surface area contributed by atoms with Crippen LogP contribution in [0.5, 0.6) is 0 Å². The summed E-state index contributed by atoms with van der Waals surface area (Å²) in [7, 11) is 2.17. The molecule has 94 valence electrons. The highest BCUT2D eigenvalue weighted by atomic mass is 79.9. The molecule has 1 aliphatic rings. The molecule has 0 spiro atoms. The van der Waals surface area contributed by atoms with E-state index in [2.05, 4.69) is 62.0 Å². The Bertz CT molecular complexity index is 378. The Kier molecular flexibility index (Phi) is 4.88. The number of anilines is 1. The molecule has 1 aromatic rings. The fourth-order valence-electron chi connectivity index (χ4n) is 2.19. The molecule has 1 aliphatic heterocycles. The molecule has 0 radical (unpaired) electrons. The summed E-state index contributed by atoms with van der Waals surface area (Å²) in [5.41, 5.74) is 2.56. The van der Waals surface area contributed by atoms with Crippen molar-refractivity contribution in [2.75, 3.05) is 25.2 Å². The molecule has 0 amide bonds. The number of alkyl halides is 1. The summed E-state index contributed by atoms with van der Waals surface area (Å²) < 4.78 is 6.58. The van der Waals surface area contributed by atoms with Gasteiger partial charge in [0.2, 0.25) is 0 Å². The highest BCUT2D eigenvalue weighted by Gasteiger charge is 2.20. The quantitative estimate of drug-likeness (QED) is 0.754. The summed E-state index contributed by atoms with van der Waals surface area (Å²) in [4.78, 5) is 2.37. The summed E-state index contributed by atoms with van der Waals surface area (Å²) in [5.74, 6) is 0.